The Kier molecular flexibility index (Phi) is 2.51. The third-order valence-electron chi connectivity index (χ3n) is 0.942. The maximum Gasteiger partial charge on any atom is 0.230 e. The zero-order valence-electron chi connectivity index (χ0n) is 5.13. The molecular weight excluding hydrogens is 116 g/mol. The van der Waals surface area contributed by atoms with Gasteiger partial charge in [-0.3, -0.25) is 4.79 Å². The molecule has 0 bridgehead atoms. The van der Waals surface area contributed by atoms with Crippen molar-refractivity contribution < 1.29 is 4.79 Å². The fourth-order valence-corrected chi connectivity index (χ4v) is 0.450. The van der Waals surface area contributed by atoms with Crippen LogP contribution in [0.25, 0.3) is 0 Å². The van der Waals surface area contributed by atoms with Crippen molar-refractivity contribution in [3.63, 3.8) is 0 Å². The molecule has 1 unspecified atom stereocenters. The number of hydrogen-bond acceptors (Lipinski definition) is 2. The Bertz CT molecular complexity index is 137. The molecule has 0 aromatic heterocycles. The van der Waals surface area contributed by atoms with Gasteiger partial charge >= 0.3 is 0 Å². The third-order valence-corrected chi connectivity index (χ3v) is 0.942. The first-order chi connectivity index (χ1) is 4.09. The highest BCUT2D eigenvalue weighted by Gasteiger charge is 2.10. The van der Waals surface area contributed by atoms with Crippen LogP contribution >= 0.6 is 0 Å². The minimum atomic E-state index is -0.593. The Morgan fingerprint density at radius 2 is 2.00 bits per heavy atom. The fourth-order valence-electron chi connectivity index (χ4n) is 0.450. The van der Waals surface area contributed by atoms with E-state index in [9.17, 15) is 4.79 Å². The Hall–Kier alpha value is -1.25. The van der Waals surface area contributed by atoms with Crippen LogP contribution in [0.2, 0.25) is 0 Å². The highest BCUT2D eigenvalue weighted by molar-refractivity contribution is 5.81. The lowest BCUT2D eigenvalue weighted by molar-refractivity contribution is -0.119. The standard InChI is InChI=1S/C6H10N2O/c1-3-5(4(2)7)6(8)9/h3,5H,1-2,7H2,(H2,8,9). The molecule has 0 saturated heterocycles. The van der Waals surface area contributed by atoms with E-state index >= 15 is 0 Å². The topological polar surface area (TPSA) is 69.1 Å². The van der Waals surface area contributed by atoms with Crippen molar-refractivity contribution in [2.45, 2.75) is 0 Å². The molecule has 0 rings (SSSR count). The number of carbonyl (C=O) groups is 1. The largest absolute Gasteiger partial charge is 0.402 e. The summed E-state index contributed by atoms with van der Waals surface area (Å²) in [7, 11) is 0. The van der Waals surface area contributed by atoms with Crippen LogP contribution in [0.5, 0.6) is 0 Å². The lowest BCUT2D eigenvalue weighted by Gasteiger charge is -2.04. The molecule has 0 spiro atoms. The summed E-state index contributed by atoms with van der Waals surface area (Å²) >= 11 is 0. The van der Waals surface area contributed by atoms with E-state index in [1.165, 1.54) is 6.08 Å². The first kappa shape index (κ1) is 7.75. The van der Waals surface area contributed by atoms with E-state index in [1.807, 2.05) is 0 Å². The average molecular weight is 126 g/mol. The molecule has 9 heavy (non-hydrogen) atoms. The fraction of sp³-hybridized carbons (Fsp3) is 0.167. The summed E-state index contributed by atoms with van der Waals surface area (Å²) in [6.07, 6.45) is 1.37. The zero-order chi connectivity index (χ0) is 7.44. The molecule has 4 N–H and O–H groups in total. The highest BCUT2D eigenvalue weighted by Crippen LogP contribution is 2.01. The minimum absolute atomic E-state index is 0.234. The molecule has 0 fully saturated rings. The van der Waals surface area contributed by atoms with Gasteiger partial charge in [0.2, 0.25) is 5.91 Å². The molecule has 3 heteroatoms. The molecule has 0 radical (unpaired) electrons. The van der Waals surface area contributed by atoms with E-state index in [0.29, 0.717) is 0 Å². The quantitative estimate of drug-likeness (QED) is 0.512. The number of hydrogen-bond donors (Lipinski definition) is 2. The van der Waals surface area contributed by atoms with E-state index in [0.717, 1.165) is 0 Å². The molecular formula is C6H10N2O. The summed E-state index contributed by atoms with van der Waals surface area (Å²) in [4.78, 5) is 10.4. The molecule has 0 saturated carbocycles. The Morgan fingerprint density at radius 3 is 2.00 bits per heavy atom. The summed E-state index contributed by atoms with van der Waals surface area (Å²) in [5.41, 5.74) is 10.3. The van der Waals surface area contributed by atoms with Gasteiger partial charge in [-0.2, -0.15) is 0 Å². The van der Waals surface area contributed by atoms with Crippen molar-refractivity contribution in [3.05, 3.63) is 24.9 Å². The maximum atomic E-state index is 10.4. The summed E-state index contributed by atoms with van der Waals surface area (Å²) in [5.74, 6) is -1.11. The Morgan fingerprint density at radius 1 is 1.56 bits per heavy atom. The molecule has 0 aliphatic rings. The third kappa shape index (κ3) is 1.99. The van der Waals surface area contributed by atoms with Gasteiger partial charge in [0, 0.05) is 5.70 Å². The van der Waals surface area contributed by atoms with Crippen molar-refractivity contribution >= 4 is 5.91 Å². The van der Waals surface area contributed by atoms with E-state index in [-0.39, 0.29) is 5.70 Å². The van der Waals surface area contributed by atoms with Crippen LogP contribution in [0.3, 0.4) is 0 Å². The SMILES string of the molecule is C=CC(C(=C)N)C(N)=O. The van der Waals surface area contributed by atoms with Crippen LogP contribution in [-0.2, 0) is 4.79 Å². The first-order valence-electron chi connectivity index (χ1n) is 2.45. The van der Waals surface area contributed by atoms with E-state index in [2.05, 4.69) is 13.2 Å². The Balaban J connectivity index is 4.16. The van der Waals surface area contributed by atoms with Gasteiger partial charge in [0.25, 0.3) is 0 Å². The van der Waals surface area contributed by atoms with Gasteiger partial charge < -0.3 is 11.5 Å². The van der Waals surface area contributed by atoms with Crippen molar-refractivity contribution in [2.24, 2.45) is 17.4 Å². The maximum absolute atomic E-state index is 10.4. The van der Waals surface area contributed by atoms with Gasteiger partial charge in [0.1, 0.15) is 0 Å². The number of amides is 1. The van der Waals surface area contributed by atoms with Gasteiger partial charge in [-0.25, -0.2) is 0 Å². The summed E-state index contributed by atoms with van der Waals surface area (Å²) in [6.45, 7) is 6.72. The summed E-state index contributed by atoms with van der Waals surface area (Å²) < 4.78 is 0. The van der Waals surface area contributed by atoms with Crippen LogP contribution in [0.1, 0.15) is 0 Å². The normalized spacial score (nSPS) is 12.0. The second-order valence-electron chi connectivity index (χ2n) is 1.69. The predicted octanol–water partition coefficient (Wildman–Crippen LogP) is -0.254. The lowest BCUT2D eigenvalue weighted by Crippen LogP contribution is -2.25. The number of primary amides is 1. The second-order valence-corrected chi connectivity index (χ2v) is 1.69. The number of nitrogens with two attached hydrogens (primary N) is 2. The number of rotatable bonds is 3. The smallest absolute Gasteiger partial charge is 0.230 e. The van der Waals surface area contributed by atoms with Gasteiger partial charge in [0.15, 0.2) is 0 Å². The van der Waals surface area contributed by atoms with Gasteiger partial charge in [-0.1, -0.05) is 12.7 Å². The molecule has 3 nitrogen and oxygen atoms in total. The van der Waals surface area contributed by atoms with Crippen molar-refractivity contribution in [2.75, 3.05) is 0 Å². The van der Waals surface area contributed by atoms with Crippen molar-refractivity contribution in [1.29, 1.82) is 0 Å². The summed E-state index contributed by atoms with van der Waals surface area (Å²) in [5, 5.41) is 0. The second kappa shape index (κ2) is 2.91. The van der Waals surface area contributed by atoms with Crippen molar-refractivity contribution in [3.8, 4) is 0 Å². The molecule has 50 valence electrons. The minimum Gasteiger partial charge on any atom is -0.402 e. The lowest BCUT2D eigenvalue weighted by atomic mass is 10.1. The molecule has 0 heterocycles. The van der Waals surface area contributed by atoms with Crippen LogP contribution in [0, 0.1) is 5.92 Å². The van der Waals surface area contributed by atoms with Crippen LogP contribution in [0.4, 0.5) is 0 Å². The van der Waals surface area contributed by atoms with Gasteiger partial charge in [-0.05, 0) is 0 Å². The van der Waals surface area contributed by atoms with Crippen LogP contribution < -0.4 is 11.5 Å². The zero-order valence-corrected chi connectivity index (χ0v) is 5.13. The molecule has 1 atom stereocenters. The molecule has 0 aromatic rings. The monoisotopic (exact) mass is 126 g/mol. The van der Waals surface area contributed by atoms with E-state index in [1.54, 1.807) is 0 Å². The predicted molar refractivity (Wildman–Crippen MR) is 36.2 cm³/mol. The summed E-state index contributed by atoms with van der Waals surface area (Å²) in [6, 6.07) is 0. The molecule has 1 amide bonds. The number of carbonyl (C=O) groups excluding carboxylic acids is 1. The molecule has 0 aliphatic carbocycles. The first-order valence-corrected chi connectivity index (χ1v) is 2.45. The van der Waals surface area contributed by atoms with Crippen LogP contribution in [0.15, 0.2) is 24.9 Å². The molecule has 0 aliphatic heterocycles. The van der Waals surface area contributed by atoms with Crippen LogP contribution in [-0.4, -0.2) is 5.91 Å². The Labute approximate surface area is 54.0 Å². The van der Waals surface area contributed by atoms with Gasteiger partial charge in [0.05, 0.1) is 5.92 Å². The van der Waals surface area contributed by atoms with Gasteiger partial charge in [-0.15, -0.1) is 6.58 Å². The highest BCUT2D eigenvalue weighted by atomic mass is 16.1. The van der Waals surface area contributed by atoms with E-state index in [4.69, 9.17) is 11.5 Å². The average Bonchev–Trinajstić information content (AvgIpc) is 1.64. The van der Waals surface area contributed by atoms with Crippen molar-refractivity contribution in [1.82, 2.24) is 0 Å². The molecule has 0 aromatic carbocycles. The van der Waals surface area contributed by atoms with E-state index < -0.39 is 11.8 Å².